The van der Waals surface area contributed by atoms with Crippen LogP contribution in [0.2, 0.25) is 0 Å². The molecule has 25 heteroatoms. The Bertz CT molecular complexity index is 2630. The number of rotatable bonds is 20. The molecule has 1 fully saturated rings. The molecule has 13 N–H and O–H groups in total. The molecule has 3 amide bonds. The summed E-state index contributed by atoms with van der Waals surface area (Å²) in [5, 5.41) is 53.7. The number of carbonyl (C=O) groups excluding carboxylic acids is 3. The van der Waals surface area contributed by atoms with Crippen molar-refractivity contribution in [1.82, 2.24) is 30.6 Å². The predicted molar refractivity (Wildman–Crippen MR) is 246 cm³/mol. The molecule has 5 atom stereocenters. The highest BCUT2D eigenvalue weighted by molar-refractivity contribution is 8.76. The Morgan fingerprint density at radius 1 is 1.03 bits per heavy atom. The van der Waals surface area contributed by atoms with Gasteiger partial charge in [-0.25, -0.2) is 24.4 Å². The molecule has 66 heavy (non-hydrogen) atoms. The van der Waals surface area contributed by atoms with Crippen molar-refractivity contribution in [2.24, 2.45) is 17.6 Å². The van der Waals surface area contributed by atoms with Crippen LogP contribution in [0.4, 0.5) is 27.8 Å². The summed E-state index contributed by atoms with van der Waals surface area (Å²) in [6.45, 7) is 6.52. The number of methoxy groups -OCH3 is 1. The molecule has 4 aromatic rings. The Balaban J connectivity index is 0.965. The van der Waals surface area contributed by atoms with Crippen molar-refractivity contribution >= 4 is 91.2 Å². The number of phenolic OH excluding ortho intramolecular Hbond substituents is 2. The number of nitrogen functional groups attached to an aromatic ring is 1. The smallest absolute Gasteiger partial charge is 0.409 e. The quantitative estimate of drug-likeness (QED) is 0.0199. The second-order valence-corrected chi connectivity index (χ2v) is 18.1. The van der Waals surface area contributed by atoms with Gasteiger partial charge in [0, 0.05) is 60.9 Å². The van der Waals surface area contributed by atoms with Crippen LogP contribution in [0.1, 0.15) is 53.9 Å². The van der Waals surface area contributed by atoms with Gasteiger partial charge in [-0.15, -0.1) is 0 Å². The number of amides is 3. The third-order valence-electron chi connectivity index (χ3n) is 11.3. The van der Waals surface area contributed by atoms with Gasteiger partial charge in [-0.1, -0.05) is 35.4 Å². The van der Waals surface area contributed by atoms with Gasteiger partial charge >= 0.3 is 18.0 Å². The SMILES string of the molecule is CO[C@@]12C(=COC(N)=O)c3c(O)c(NCCSSCC(NC(=O)CCC(NC(=O)c4ccc(NCc5cnc6nc(N)[nH]c(=O)c6n5)cc4)C(=O)O)C(=O)O)c(C)c(O)c3N1C[C@H](C)[C@@H]2C. The molecule has 2 aromatic heterocycles. The summed E-state index contributed by atoms with van der Waals surface area (Å²) in [4.78, 5) is 90.1. The summed E-state index contributed by atoms with van der Waals surface area (Å²) < 4.78 is 11.1. The maximum atomic E-state index is 12.9. The molecule has 4 heterocycles. The van der Waals surface area contributed by atoms with Gasteiger partial charge in [0.25, 0.3) is 11.5 Å². The summed E-state index contributed by atoms with van der Waals surface area (Å²) in [7, 11) is 3.93. The number of aromatic nitrogens is 4. The molecule has 0 bridgehead atoms. The van der Waals surface area contributed by atoms with Crippen LogP contribution in [0.25, 0.3) is 16.7 Å². The Morgan fingerprint density at radius 3 is 2.41 bits per heavy atom. The molecule has 23 nitrogen and oxygen atoms in total. The zero-order valence-electron chi connectivity index (χ0n) is 36.0. The topological polar surface area (TPSA) is 360 Å². The minimum Gasteiger partial charge on any atom is -0.505 e. The molecular weight excluding hydrogens is 903 g/mol. The van der Waals surface area contributed by atoms with E-state index in [-0.39, 0.29) is 82.5 Å². The van der Waals surface area contributed by atoms with Gasteiger partial charge in [0.05, 0.1) is 40.9 Å². The number of ether oxygens (including phenoxy) is 2. The van der Waals surface area contributed by atoms with Crippen molar-refractivity contribution in [3.63, 3.8) is 0 Å². The zero-order valence-corrected chi connectivity index (χ0v) is 37.7. The summed E-state index contributed by atoms with van der Waals surface area (Å²) in [5.41, 5.74) is 11.8. The van der Waals surface area contributed by atoms with E-state index in [0.29, 0.717) is 40.5 Å². The average Bonchev–Trinajstić information content (AvgIpc) is 3.70. The number of benzene rings is 2. The van der Waals surface area contributed by atoms with Crippen LogP contribution >= 0.6 is 21.6 Å². The van der Waals surface area contributed by atoms with Crippen LogP contribution in [0, 0.1) is 18.8 Å². The highest BCUT2D eigenvalue weighted by atomic mass is 33.1. The number of aliphatic carboxylic acids is 2. The Morgan fingerprint density at radius 2 is 1.74 bits per heavy atom. The second kappa shape index (κ2) is 20.5. The highest BCUT2D eigenvalue weighted by Gasteiger charge is 2.60. The summed E-state index contributed by atoms with van der Waals surface area (Å²) in [5.74, 6) is -4.27. The number of hydrogen-bond acceptors (Lipinski definition) is 19. The Labute approximate surface area is 383 Å². The molecule has 2 unspecified atom stereocenters. The summed E-state index contributed by atoms with van der Waals surface area (Å²) in [6.07, 6.45) is 0.775. The maximum absolute atomic E-state index is 12.9. The van der Waals surface area contributed by atoms with E-state index in [1.165, 1.54) is 36.2 Å². The summed E-state index contributed by atoms with van der Waals surface area (Å²) >= 11 is 0. The lowest BCUT2D eigenvalue weighted by Gasteiger charge is -2.36. The van der Waals surface area contributed by atoms with Gasteiger partial charge in [-0.05, 0) is 43.5 Å². The normalized spacial score (nSPS) is 18.8. The van der Waals surface area contributed by atoms with Gasteiger partial charge < -0.3 is 67.5 Å². The fourth-order valence-electron chi connectivity index (χ4n) is 7.87. The maximum Gasteiger partial charge on any atom is 0.409 e. The molecule has 0 saturated carbocycles. The molecule has 352 valence electrons. The fraction of sp³-hybridized carbons (Fsp3) is 0.390. The summed E-state index contributed by atoms with van der Waals surface area (Å²) in [6, 6.07) is 3.28. The van der Waals surface area contributed by atoms with Crippen molar-refractivity contribution in [3.8, 4) is 11.5 Å². The molecule has 0 radical (unpaired) electrons. The van der Waals surface area contributed by atoms with Gasteiger partial charge in [0.2, 0.25) is 11.9 Å². The second-order valence-electron chi connectivity index (χ2n) is 15.5. The number of nitrogens with one attached hydrogen (secondary N) is 5. The number of anilines is 4. The van der Waals surface area contributed by atoms with Crippen molar-refractivity contribution < 1.29 is 53.9 Å². The molecule has 0 aliphatic carbocycles. The van der Waals surface area contributed by atoms with E-state index in [2.05, 4.69) is 41.2 Å². The van der Waals surface area contributed by atoms with Gasteiger partial charge in [0.1, 0.15) is 29.8 Å². The number of aromatic amines is 1. The number of carboxylic acids is 2. The van der Waals surface area contributed by atoms with Crippen LogP contribution in [0.3, 0.4) is 0 Å². The van der Waals surface area contributed by atoms with Crippen LogP contribution in [0.5, 0.6) is 11.5 Å². The van der Waals surface area contributed by atoms with E-state index < -0.39 is 59.6 Å². The number of primary amides is 1. The first kappa shape index (κ1) is 48.5. The molecule has 2 aliphatic rings. The van der Waals surface area contributed by atoms with E-state index in [1.54, 1.807) is 19.1 Å². The van der Waals surface area contributed by atoms with E-state index in [4.69, 9.17) is 20.9 Å². The van der Waals surface area contributed by atoms with Gasteiger partial charge in [0.15, 0.2) is 16.9 Å². The molecule has 0 spiro atoms. The third kappa shape index (κ3) is 10.1. The lowest BCUT2D eigenvalue weighted by Crippen LogP contribution is -2.46. The number of aromatic hydroxyl groups is 2. The Kier molecular flexibility index (Phi) is 15.0. The van der Waals surface area contributed by atoms with Gasteiger partial charge in [-0.2, -0.15) is 4.98 Å². The van der Waals surface area contributed by atoms with Crippen LogP contribution < -0.4 is 43.2 Å². The highest BCUT2D eigenvalue weighted by Crippen LogP contribution is 2.63. The third-order valence-corrected chi connectivity index (χ3v) is 13.8. The molecule has 2 aromatic carbocycles. The molecule has 1 saturated heterocycles. The first-order chi connectivity index (χ1) is 31.4. The number of hydrogen-bond donors (Lipinski definition) is 11. The number of nitrogens with zero attached hydrogens (tertiary/aromatic N) is 4. The van der Waals surface area contributed by atoms with E-state index in [1.807, 2.05) is 18.7 Å². The number of carboxylic acid groups (broad SMARTS) is 2. The van der Waals surface area contributed by atoms with E-state index >= 15 is 0 Å². The number of carbonyl (C=O) groups is 5. The van der Waals surface area contributed by atoms with E-state index in [9.17, 15) is 49.2 Å². The number of phenols is 2. The first-order valence-electron chi connectivity index (χ1n) is 20.4. The van der Waals surface area contributed by atoms with Crippen molar-refractivity contribution in [1.29, 1.82) is 0 Å². The zero-order chi connectivity index (χ0) is 48.0. The monoisotopic (exact) mass is 951 g/mol. The minimum atomic E-state index is -1.46. The lowest BCUT2D eigenvalue weighted by atomic mass is 9.84. The van der Waals surface area contributed by atoms with Crippen LogP contribution in [-0.4, -0.2) is 120 Å². The van der Waals surface area contributed by atoms with Crippen LogP contribution in [0.15, 0.2) is 41.5 Å². The Hall–Kier alpha value is -6.99. The fourth-order valence-corrected chi connectivity index (χ4v) is 9.93. The van der Waals surface area contributed by atoms with Crippen LogP contribution in [-0.2, 0) is 30.4 Å². The molecule has 2 aliphatic heterocycles. The largest absolute Gasteiger partial charge is 0.505 e. The molecule has 6 rings (SSSR count). The number of nitrogens with two attached hydrogens (primary N) is 2. The first-order valence-corrected chi connectivity index (χ1v) is 22.8. The van der Waals surface area contributed by atoms with E-state index in [0.717, 1.165) is 17.1 Å². The lowest BCUT2D eigenvalue weighted by molar-refractivity contribution is -0.142. The van der Waals surface area contributed by atoms with Crippen molar-refractivity contribution in [2.45, 2.75) is 58.0 Å². The standard InChI is InChI=1S/C41H49N11O12S2/c1-18-15-52-31-28(24(16-64-40(43)62)41(52,63-4)20(18)3)33(55)29(19(2)32(31)54)44-11-12-65-66-17-26(38(60)61)48-27(53)10-9-25(37(58)59)49-35(56)21-5-7-22(8-6-21)45-13-23-14-46-34-30(47-23)36(57)51-39(42)50-34/h5-8,14,16,18,20,25-26,44-45,54-55H,9-13,15,17H2,1-4H3,(H2,43,62)(H,48,53)(H,49,56)(H,58,59)(H,60,61)(H3,42,46,50,51,57)/t18-,20-,25?,26?,41-/m0/s1. The van der Waals surface area contributed by atoms with Crippen molar-refractivity contribution in [2.75, 3.05) is 53.0 Å². The average molecular weight is 952 g/mol. The molecular formula is C41H49N11O12S2. The number of H-pyrrole nitrogens is 1. The van der Waals surface area contributed by atoms with Crippen molar-refractivity contribution in [3.05, 3.63) is 69.5 Å². The predicted octanol–water partition coefficient (Wildman–Crippen LogP) is 2.54. The minimum absolute atomic E-state index is 0.0181. The number of fused-ring (bicyclic) bond motifs is 4. The van der Waals surface area contributed by atoms with Gasteiger partial charge in [-0.3, -0.25) is 19.4 Å².